The van der Waals surface area contributed by atoms with E-state index >= 15 is 0 Å². The number of rotatable bonds is 3. The van der Waals surface area contributed by atoms with Crippen LogP contribution in [-0.2, 0) is 9.31 Å². The zero-order valence-electron chi connectivity index (χ0n) is 18.6. The summed E-state index contributed by atoms with van der Waals surface area (Å²) in [6.07, 6.45) is 7.17. The van der Waals surface area contributed by atoms with Gasteiger partial charge in [0.05, 0.1) is 22.7 Å². The fourth-order valence-electron chi connectivity index (χ4n) is 3.37. The van der Waals surface area contributed by atoms with E-state index in [1.165, 1.54) is 0 Å². The summed E-state index contributed by atoms with van der Waals surface area (Å²) >= 11 is 3.35. The Morgan fingerprint density at radius 2 is 1.42 bits per heavy atom. The first kappa shape index (κ1) is 23.1. The van der Waals surface area contributed by atoms with Crippen molar-refractivity contribution in [3.8, 4) is 11.4 Å². The third-order valence-corrected chi connectivity index (χ3v) is 5.56. The van der Waals surface area contributed by atoms with Gasteiger partial charge >= 0.3 is 7.12 Å². The summed E-state index contributed by atoms with van der Waals surface area (Å²) in [5.74, 6) is 0. The Hall–Kier alpha value is -3.08. The molecule has 8 nitrogen and oxygen atoms in total. The Balaban J connectivity index is 0.000000172. The number of benzene rings is 2. The van der Waals surface area contributed by atoms with Crippen molar-refractivity contribution >= 4 is 39.9 Å². The summed E-state index contributed by atoms with van der Waals surface area (Å²) in [5.41, 5.74) is 16.0. The van der Waals surface area contributed by atoms with Crippen molar-refractivity contribution in [2.24, 2.45) is 5.41 Å². The van der Waals surface area contributed by atoms with Crippen molar-refractivity contribution < 1.29 is 9.31 Å². The second-order valence-corrected chi connectivity index (χ2v) is 9.46. The van der Waals surface area contributed by atoms with Crippen LogP contribution in [0.15, 0.2) is 77.8 Å². The van der Waals surface area contributed by atoms with Crippen LogP contribution in [0.25, 0.3) is 11.4 Å². The average molecular weight is 509 g/mol. The van der Waals surface area contributed by atoms with Gasteiger partial charge in [0.25, 0.3) is 0 Å². The first-order valence-corrected chi connectivity index (χ1v) is 11.3. The molecule has 1 aliphatic rings. The minimum absolute atomic E-state index is 0.0665. The van der Waals surface area contributed by atoms with Crippen LogP contribution in [0, 0.1) is 5.41 Å². The molecule has 10 heteroatoms. The van der Waals surface area contributed by atoms with E-state index in [1.807, 2.05) is 60.9 Å². The molecule has 4 N–H and O–H groups in total. The minimum Gasteiger partial charge on any atom is -0.407 e. The molecule has 0 radical (unpaired) electrons. The van der Waals surface area contributed by atoms with Gasteiger partial charge in [-0.1, -0.05) is 35.8 Å². The number of hydrogen-bond acceptors (Lipinski definition) is 6. The average Bonchev–Trinajstić information content (AvgIpc) is 3.49. The molecule has 0 atom stereocenters. The minimum atomic E-state index is -0.336. The lowest BCUT2D eigenvalue weighted by Crippen LogP contribution is -2.47. The molecule has 0 saturated carbocycles. The summed E-state index contributed by atoms with van der Waals surface area (Å²) < 4.78 is 16.0. The van der Waals surface area contributed by atoms with Gasteiger partial charge in [0.1, 0.15) is 0 Å². The molecule has 170 valence electrons. The van der Waals surface area contributed by atoms with Crippen LogP contribution in [0.2, 0.25) is 0 Å². The van der Waals surface area contributed by atoms with E-state index < -0.39 is 0 Å². The second-order valence-electron chi connectivity index (χ2n) is 8.54. The van der Waals surface area contributed by atoms with Gasteiger partial charge in [0.15, 0.2) is 0 Å². The topological polar surface area (TPSA) is 106 Å². The summed E-state index contributed by atoms with van der Waals surface area (Å²) in [4.78, 5) is 0. The largest absolute Gasteiger partial charge is 0.493 e. The van der Waals surface area contributed by atoms with Gasteiger partial charge in [0.2, 0.25) is 0 Å². The predicted octanol–water partition coefficient (Wildman–Crippen LogP) is 3.44. The smallest absolute Gasteiger partial charge is 0.407 e. The Morgan fingerprint density at radius 1 is 0.879 bits per heavy atom. The van der Waals surface area contributed by atoms with Gasteiger partial charge in [0, 0.05) is 47.9 Å². The van der Waals surface area contributed by atoms with E-state index in [-0.39, 0.29) is 12.5 Å². The van der Waals surface area contributed by atoms with Gasteiger partial charge in [-0.3, -0.25) is 0 Å². The van der Waals surface area contributed by atoms with E-state index in [2.05, 4.69) is 40.0 Å². The summed E-state index contributed by atoms with van der Waals surface area (Å²) in [5, 5.41) is 8.28. The molecule has 33 heavy (non-hydrogen) atoms. The number of nitrogens with zero attached hydrogens (tertiary/aromatic N) is 4. The molecule has 4 aromatic rings. The lowest BCUT2D eigenvalue weighted by atomic mass is 9.75. The zero-order valence-corrected chi connectivity index (χ0v) is 20.1. The van der Waals surface area contributed by atoms with E-state index in [4.69, 9.17) is 20.8 Å². The SMILES string of the molecule is CC1(C)COB(c2ccc(-n3cccn3)c(N)c2)OC1.Nc1cc(Br)ccc1-n1cccn1. The van der Waals surface area contributed by atoms with Crippen LogP contribution >= 0.6 is 15.9 Å². The molecule has 1 saturated heterocycles. The highest BCUT2D eigenvalue weighted by molar-refractivity contribution is 9.10. The zero-order chi connectivity index (χ0) is 23.4. The standard InChI is InChI=1S/C14H18BN3O2.C9H8BrN3/c1-14(2)9-19-15(20-10-14)11-4-5-13(12(16)8-11)18-7-3-6-17-18;10-7-2-3-9(8(11)6-7)13-5-1-4-12-13/h3-8H,9-10,16H2,1-2H3;1-6H,11H2. The van der Waals surface area contributed by atoms with Crippen molar-refractivity contribution in [1.29, 1.82) is 0 Å². The fraction of sp³-hybridized carbons (Fsp3) is 0.217. The maximum absolute atomic E-state index is 6.10. The highest BCUT2D eigenvalue weighted by Crippen LogP contribution is 2.23. The maximum Gasteiger partial charge on any atom is 0.493 e. The van der Waals surface area contributed by atoms with Crippen LogP contribution in [0.5, 0.6) is 0 Å². The number of nitrogens with two attached hydrogens (primary N) is 2. The maximum atomic E-state index is 6.10. The Bertz CT molecular complexity index is 1190. The lowest BCUT2D eigenvalue weighted by molar-refractivity contribution is 0.0343. The molecular formula is C23H26BBrN6O2. The molecule has 3 heterocycles. The van der Waals surface area contributed by atoms with Gasteiger partial charge in [-0.25, -0.2) is 9.36 Å². The van der Waals surface area contributed by atoms with Crippen LogP contribution in [0.4, 0.5) is 11.4 Å². The molecule has 0 bridgehead atoms. The van der Waals surface area contributed by atoms with Crippen LogP contribution in [0.1, 0.15) is 13.8 Å². The normalized spacial score (nSPS) is 15.1. The van der Waals surface area contributed by atoms with E-state index in [0.717, 1.165) is 21.3 Å². The number of hydrogen-bond donors (Lipinski definition) is 2. The van der Waals surface area contributed by atoms with Crippen molar-refractivity contribution in [1.82, 2.24) is 19.6 Å². The Kier molecular flexibility index (Phi) is 6.87. The molecule has 2 aromatic carbocycles. The molecule has 2 aromatic heterocycles. The van der Waals surface area contributed by atoms with Crippen LogP contribution in [0.3, 0.4) is 0 Å². The van der Waals surface area contributed by atoms with Gasteiger partial charge in [-0.2, -0.15) is 10.2 Å². The van der Waals surface area contributed by atoms with Gasteiger partial charge in [-0.15, -0.1) is 0 Å². The van der Waals surface area contributed by atoms with Crippen LogP contribution < -0.4 is 16.9 Å². The summed E-state index contributed by atoms with van der Waals surface area (Å²) in [6, 6.07) is 15.2. The number of aromatic nitrogens is 4. The highest BCUT2D eigenvalue weighted by Gasteiger charge is 2.33. The molecule has 0 unspecified atom stereocenters. The molecular weight excluding hydrogens is 483 g/mol. The number of anilines is 2. The monoisotopic (exact) mass is 508 g/mol. The molecule has 5 rings (SSSR count). The van der Waals surface area contributed by atoms with Crippen LogP contribution in [-0.4, -0.2) is 39.9 Å². The fourth-order valence-corrected chi connectivity index (χ4v) is 3.75. The third kappa shape index (κ3) is 5.65. The molecule has 0 spiro atoms. The van der Waals surface area contributed by atoms with Crippen molar-refractivity contribution in [2.45, 2.75) is 13.8 Å². The van der Waals surface area contributed by atoms with E-state index in [0.29, 0.717) is 24.6 Å². The second kappa shape index (κ2) is 9.82. The van der Waals surface area contributed by atoms with Crippen molar-refractivity contribution in [3.05, 3.63) is 77.8 Å². The highest BCUT2D eigenvalue weighted by atomic mass is 79.9. The molecule has 1 fully saturated rings. The summed E-state index contributed by atoms with van der Waals surface area (Å²) in [7, 11) is -0.336. The molecule has 0 aliphatic carbocycles. The first-order chi connectivity index (χ1) is 15.8. The first-order valence-electron chi connectivity index (χ1n) is 10.5. The Morgan fingerprint density at radius 3 is 1.91 bits per heavy atom. The van der Waals surface area contributed by atoms with Gasteiger partial charge < -0.3 is 20.8 Å². The number of nitrogen functional groups attached to an aromatic ring is 2. The van der Waals surface area contributed by atoms with E-state index in [1.54, 1.807) is 21.8 Å². The van der Waals surface area contributed by atoms with Crippen molar-refractivity contribution in [2.75, 3.05) is 24.7 Å². The van der Waals surface area contributed by atoms with Gasteiger partial charge in [-0.05, 0) is 47.9 Å². The number of halogens is 1. The van der Waals surface area contributed by atoms with Crippen molar-refractivity contribution in [3.63, 3.8) is 0 Å². The Labute approximate surface area is 201 Å². The molecule has 1 aliphatic heterocycles. The third-order valence-electron chi connectivity index (χ3n) is 5.07. The predicted molar refractivity (Wildman–Crippen MR) is 135 cm³/mol. The lowest BCUT2D eigenvalue weighted by Gasteiger charge is -2.33. The van der Waals surface area contributed by atoms with E-state index in [9.17, 15) is 0 Å². The molecule has 0 amide bonds. The summed E-state index contributed by atoms with van der Waals surface area (Å²) in [6.45, 7) is 5.60. The quantitative estimate of drug-likeness (QED) is 0.324.